The molecule has 1 unspecified atom stereocenters. The Kier molecular flexibility index (Phi) is 6.35. The third kappa shape index (κ3) is 5.00. The summed E-state index contributed by atoms with van der Waals surface area (Å²) in [6, 6.07) is 5.97. The first-order valence-corrected chi connectivity index (χ1v) is 10.9. The lowest BCUT2D eigenvalue weighted by Gasteiger charge is -2.30. The summed E-state index contributed by atoms with van der Waals surface area (Å²) < 4.78 is 10.8. The highest BCUT2D eigenvalue weighted by molar-refractivity contribution is 5.99. The van der Waals surface area contributed by atoms with Crippen molar-refractivity contribution in [2.24, 2.45) is 5.41 Å². The highest BCUT2D eigenvalue weighted by Gasteiger charge is 2.36. The van der Waals surface area contributed by atoms with E-state index in [9.17, 15) is 14.7 Å². The van der Waals surface area contributed by atoms with Gasteiger partial charge >= 0.3 is 0 Å². The van der Waals surface area contributed by atoms with Crippen molar-refractivity contribution in [2.45, 2.75) is 32.7 Å². The summed E-state index contributed by atoms with van der Waals surface area (Å²) in [5.41, 5.74) is 1.05. The summed E-state index contributed by atoms with van der Waals surface area (Å²) >= 11 is 0. The lowest BCUT2D eigenvalue weighted by molar-refractivity contribution is -0.125. The van der Waals surface area contributed by atoms with Crippen LogP contribution in [0.25, 0.3) is 5.57 Å². The summed E-state index contributed by atoms with van der Waals surface area (Å²) in [5.74, 6) is 0.584. The van der Waals surface area contributed by atoms with Crippen LogP contribution in [-0.4, -0.2) is 46.0 Å². The van der Waals surface area contributed by atoms with Gasteiger partial charge in [-0.3, -0.25) is 14.5 Å². The summed E-state index contributed by atoms with van der Waals surface area (Å²) in [6.45, 7) is 4.78. The van der Waals surface area contributed by atoms with Gasteiger partial charge in [-0.25, -0.2) is 4.98 Å². The molecule has 1 aliphatic carbocycles. The van der Waals surface area contributed by atoms with Crippen molar-refractivity contribution in [3.8, 4) is 5.75 Å². The standard InChI is InChI=1S/C25H27N3O5/c1-3-32-20-6-4-5-18(11-20)24(31)28-14-19(29)12-21(28)23(30)27-15-25(2)9-7-17(8-10-25)22-13-26-16-33-22/h4-9,11,13-14,16,21,29H,3,10,12,15H2,1-2H3,(H,27,30)/t21-,25?/m0/s1. The molecular weight excluding hydrogens is 422 g/mol. The van der Waals surface area contributed by atoms with Gasteiger partial charge < -0.3 is 19.6 Å². The van der Waals surface area contributed by atoms with E-state index in [0.29, 0.717) is 36.6 Å². The smallest absolute Gasteiger partial charge is 0.258 e. The van der Waals surface area contributed by atoms with Crippen LogP contribution in [0.2, 0.25) is 0 Å². The molecule has 2 amide bonds. The molecule has 2 N–H and O–H groups in total. The number of aliphatic hydroxyl groups excluding tert-OH is 1. The van der Waals surface area contributed by atoms with Crippen LogP contribution in [0.15, 0.2) is 71.5 Å². The van der Waals surface area contributed by atoms with Gasteiger partial charge in [0.05, 0.1) is 12.8 Å². The number of aliphatic hydroxyl groups is 1. The van der Waals surface area contributed by atoms with Crippen molar-refractivity contribution >= 4 is 17.4 Å². The fourth-order valence-electron chi connectivity index (χ4n) is 3.90. The second-order valence-corrected chi connectivity index (χ2v) is 8.45. The maximum Gasteiger partial charge on any atom is 0.258 e. The first-order valence-electron chi connectivity index (χ1n) is 10.9. The molecule has 2 atom stereocenters. The van der Waals surface area contributed by atoms with Crippen LogP contribution in [0, 0.1) is 5.41 Å². The number of nitrogens with one attached hydrogen (secondary N) is 1. The summed E-state index contributed by atoms with van der Waals surface area (Å²) in [6.07, 6.45) is 11.2. The van der Waals surface area contributed by atoms with Gasteiger partial charge in [-0.2, -0.15) is 0 Å². The number of carbonyl (C=O) groups is 2. The summed E-state index contributed by atoms with van der Waals surface area (Å²) in [5, 5.41) is 13.0. The van der Waals surface area contributed by atoms with E-state index in [0.717, 1.165) is 5.57 Å². The Morgan fingerprint density at radius 2 is 2.24 bits per heavy atom. The number of hydrogen-bond acceptors (Lipinski definition) is 6. The van der Waals surface area contributed by atoms with E-state index in [1.165, 1.54) is 17.5 Å². The van der Waals surface area contributed by atoms with Crippen LogP contribution in [0.3, 0.4) is 0 Å². The molecule has 1 aromatic heterocycles. The molecule has 1 aromatic carbocycles. The van der Waals surface area contributed by atoms with E-state index >= 15 is 0 Å². The molecule has 0 saturated carbocycles. The normalized spacial score (nSPS) is 22.0. The van der Waals surface area contributed by atoms with Crippen molar-refractivity contribution in [3.63, 3.8) is 0 Å². The molecule has 1 aliphatic heterocycles. The molecular formula is C25H27N3O5. The third-order valence-corrected chi connectivity index (χ3v) is 5.79. The second-order valence-electron chi connectivity index (χ2n) is 8.45. The number of hydrogen-bond donors (Lipinski definition) is 2. The maximum atomic E-state index is 13.1. The Morgan fingerprint density at radius 1 is 1.39 bits per heavy atom. The zero-order chi connectivity index (χ0) is 23.4. The van der Waals surface area contributed by atoms with Crippen molar-refractivity contribution in [1.29, 1.82) is 0 Å². The van der Waals surface area contributed by atoms with Crippen LogP contribution >= 0.6 is 0 Å². The van der Waals surface area contributed by atoms with Crippen LogP contribution in [0.5, 0.6) is 5.75 Å². The predicted octanol–water partition coefficient (Wildman–Crippen LogP) is 3.85. The van der Waals surface area contributed by atoms with Crippen LogP contribution in [0.1, 0.15) is 42.8 Å². The minimum atomic E-state index is -0.815. The number of oxazole rings is 1. The molecule has 2 aliphatic rings. The minimum Gasteiger partial charge on any atom is -0.511 e. The maximum absolute atomic E-state index is 13.1. The van der Waals surface area contributed by atoms with Gasteiger partial charge in [0.2, 0.25) is 5.91 Å². The highest BCUT2D eigenvalue weighted by Crippen LogP contribution is 2.32. The highest BCUT2D eigenvalue weighted by atomic mass is 16.5. The Balaban J connectivity index is 1.40. The van der Waals surface area contributed by atoms with Crippen molar-refractivity contribution in [3.05, 3.63) is 78.4 Å². The lowest BCUT2D eigenvalue weighted by Crippen LogP contribution is -2.47. The number of rotatable bonds is 7. The van der Waals surface area contributed by atoms with Gasteiger partial charge in [-0.05, 0) is 31.5 Å². The Hall–Kier alpha value is -3.81. The van der Waals surface area contributed by atoms with Gasteiger partial charge in [-0.15, -0.1) is 0 Å². The topological polar surface area (TPSA) is 105 Å². The molecule has 0 radical (unpaired) electrons. The zero-order valence-corrected chi connectivity index (χ0v) is 18.7. The third-order valence-electron chi connectivity index (χ3n) is 5.79. The molecule has 2 heterocycles. The number of amides is 2. The van der Waals surface area contributed by atoms with Crippen LogP contribution in [0.4, 0.5) is 0 Å². The van der Waals surface area contributed by atoms with E-state index in [1.807, 2.05) is 26.0 Å². The number of carbonyl (C=O) groups excluding carboxylic acids is 2. The SMILES string of the molecule is CCOc1cccc(C(=O)N2C=C(O)C[C@H]2C(=O)NCC2(C)C=CC(c3cnco3)=CC2)c1. The molecule has 8 nitrogen and oxygen atoms in total. The van der Waals surface area contributed by atoms with Gasteiger partial charge in [0, 0.05) is 35.7 Å². The Labute approximate surface area is 192 Å². The second kappa shape index (κ2) is 9.36. The summed E-state index contributed by atoms with van der Waals surface area (Å²) in [7, 11) is 0. The Bertz CT molecular complexity index is 1120. The van der Waals surface area contributed by atoms with E-state index in [2.05, 4.69) is 16.4 Å². The first-order chi connectivity index (χ1) is 15.9. The average molecular weight is 450 g/mol. The monoisotopic (exact) mass is 449 g/mol. The van der Waals surface area contributed by atoms with Gasteiger partial charge in [0.25, 0.3) is 5.91 Å². The molecule has 2 aromatic rings. The molecule has 0 saturated heterocycles. The van der Waals surface area contributed by atoms with E-state index in [1.54, 1.807) is 30.5 Å². The van der Waals surface area contributed by atoms with Gasteiger partial charge in [-0.1, -0.05) is 31.2 Å². The molecule has 8 heteroatoms. The number of benzene rings is 1. The van der Waals surface area contributed by atoms with Gasteiger partial charge in [0.15, 0.2) is 12.2 Å². The fourth-order valence-corrected chi connectivity index (χ4v) is 3.90. The molecule has 172 valence electrons. The van der Waals surface area contributed by atoms with Gasteiger partial charge in [0.1, 0.15) is 17.6 Å². The van der Waals surface area contributed by atoms with Crippen LogP contribution in [-0.2, 0) is 4.79 Å². The molecule has 0 bridgehead atoms. The van der Waals surface area contributed by atoms with Crippen molar-refractivity contribution < 1.29 is 23.8 Å². The number of allylic oxidation sites excluding steroid dienone is 3. The van der Waals surface area contributed by atoms with Crippen molar-refractivity contribution in [1.82, 2.24) is 15.2 Å². The van der Waals surface area contributed by atoms with E-state index in [4.69, 9.17) is 9.15 Å². The molecule has 0 fully saturated rings. The number of aromatic nitrogens is 1. The summed E-state index contributed by atoms with van der Waals surface area (Å²) in [4.78, 5) is 31.3. The fraction of sp³-hybridized carbons (Fsp3) is 0.320. The first kappa shape index (κ1) is 22.4. The molecule has 4 rings (SSSR count). The number of nitrogens with zero attached hydrogens (tertiary/aromatic N) is 2. The molecule has 33 heavy (non-hydrogen) atoms. The Morgan fingerprint density at radius 3 is 2.94 bits per heavy atom. The zero-order valence-electron chi connectivity index (χ0n) is 18.7. The van der Waals surface area contributed by atoms with Crippen molar-refractivity contribution in [2.75, 3.05) is 13.2 Å². The van der Waals surface area contributed by atoms with E-state index in [-0.39, 0.29) is 29.4 Å². The quantitative estimate of drug-likeness (QED) is 0.665. The lowest BCUT2D eigenvalue weighted by atomic mass is 9.81. The molecule has 0 spiro atoms. The average Bonchev–Trinajstić information content (AvgIpc) is 3.48. The predicted molar refractivity (Wildman–Crippen MR) is 122 cm³/mol. The van der Waals surface area contributed by atoms with Crippen LogP contribution < -0.4 is 10.1 Å². The number of ether oxygens (including phenoxy) is 1. The van der Waals surface area contributed by atoms with E-state index < -0.39 is 6.04 Å². The minimum absolute atomic E-state index is 0.00660. The largest absolute Gasteiger partial charge is 0.511 e.